The lowest BCUT2D eigenvalue weighted by atomic mass is 10.1. The number of carbonyl (C=O) groups is 1. The predicted molar refractivity (Wildman–Crippen MR) is 77.4 cm³/mol. The van der Waals surface area contributed by atoms with Gasteiger partial charge in [0.2, 0.25) is 5.91 Å². The van der Waals surface area contributed by atoms with Gasteiger partial charge in [-0.05, 0) is 39.0 Å². The molecule has 2 heterocycles. The van der Waals surface area contributed by atoms with Crippen LogP contribution < -0.4 is 5.73 Å². The second-order valence-electron chi connectivity index (χ2n) is 6.08. The highest BCUT2D eigenvalue weighted by Gasteiger charge is 2.24. The lowest BCUT2D eigenvalue weighted by molar-refractivity contribution is -0.135. The second kappa shape index (κ2) is 7.96. The van der Waals surface area contributed by atoms with E-state index in [1.165, 1.54) is 12.8 Å². The van der Waals surface area contributed by atoms with Crippen molar-refractivity contribution in [3.05, 3.63) is 0 Å². The molecule has 2 atom stereocenters. The van der Waals surface area contributed by atoms with Crippen molar-refractivity contribution in [3.63, 3.8) is 0 Å². The molecule has 1 amide bonds. The molecular formula is C15H28N2O3. The molecular weight excluding hydrogens is 256 g/mol. The fourth-order valence-corrected chi connectivity index (χ4v) is 2.86. The summed E-state index contributed by atoms with van der Waals surface area (Å²) >= 11 is 0. The standard InChI is InChI=1S/C15H28N2O3/c1-12(16)10-15(18)17-7-5-13(6-8-17)20-11-14-4-2-3-9-19-14/h12-14H,2-11,16H2,1H3. The summed E-state index contributed by atoms with van der Waals surface area (Å²) in [6, 6.07) is -0.0556. The van der Waals surface area contributed by atoms with Crippen LogP contribution in [0.5, 0.6) is 0 Å². The summed E-state index contributed by atoms with van der Waals surface area (Å²) in [5, 5.41) is 0. The van der Waals surface area contributed by atoms with Crippen LogP contribution in [0, 0.1) is 0 Å². The zero-order chi connectivity index (χ0) is 14.4. The molecule has 116 valence electrons. The van der Waals surface area contributed by atoms with Gasteiger partial charge in [0.05, 0.1) is 18.8 Å². The minimum Gasteiger partial charge on any atom is -0.376 e. The van der Waals surface area contributed by atoms with Crippen LogP contribution in [-0.4, -0.2) is 55.4 Å². The summed E-state index contributed by atoms with van der Waals surface area (Å²) in [5.41, 5.74) is 5.67. The van der Waals surface area contributed by atoms with Crippen LogP contribution in [0.4, 0.5) is 0 Å². The number of carbonyl (C=O) groups excluding carboxylic acids is 1. The van der Waals surface area contributed by atoms with E-state index >= 15 is 0 Å². The number of nitrogens with two attached hydrogens (primary N) is 1. The van der Waals surface area contributed by atoms with Crippen molar-refractivity contribution in [1.29, 1.82) is 0 Å². The minimum absolute atomic E-state index is 0.0556. The number of likely N-dealkylation sites (tertiary alicyclic amines) is 1. The van der Waals surface area contributed by atoms with E-state index in [9.17, 15) is 4.79 Å². The van der Waals surface area contributed by atoms with Gasteiger partial charge >= 0.3 is 0 Å². The molecule has 0 aromatic carbocycles. The van der Waals surface area contributed by atoms with E-state index in [1.807, 2.05) is 11.8 Å². The fraction of sp³-hybridized carbons (Fsp3) is 0.933. The third-order valence-corrected chi connectivity index (χ3v) is 4.08. The average Bonchev–Trinajstić information content (AvgIpc) is 2.46. The Balaban J connectivity index is 1.62. The number of amides is 1. The maximum atomic E-state index is 11.9. The van der Waals surface area contributed by atoms with Crippen molar-refractivity contribution in [2.45, 2.75) is 63.7 Å². The van der Waals surface area contributed by atoms with Gasteiger partial charge < -0.3 is 20.1 Å². The van der Waals surface area contributed by atoms with Crippen LogP contribution in [0.2, 0.25) is 0 Å². The van der Waals surface area contributed by atoms with E-state index < -0.39 is 0 Å². The Morgan fingerprint density at radius 1 is 1.35 bits per heavy atom. The van der Waals surface area contributed by atoms with E-state index in [0.717, 1.165) is 39.0 Å². The Hall–Kier alpha value is -0.650. The molecule has 2 N–H and O–H groups in total. The predicted octanol–water partition coefficient (Wildman–Crippen LogP) is 1.30. The molecule has 5 heteroatoms. The molecule has 0 radical (unpaired) electrons. The molecule has 2 fully saturated rings. The van der Waals surface area contributed by atoms with E-state index in [-0.39, 0.29) is 24.2 Å². The molecule has 20 heavy (non-hydrogen) atoms. The molecule has 2 saturated heterocycles. The number of piperidine rings is 1. The van der Waals surface area contributed by atoms with Crippen molar-refractivity contribution in [3.8, 4) is 0 Å². The molecule has 2 aliphatic heterocycles. The first kappa shape index (κ1) is 15.7. The smallest absolute Gasteiger partial charge is 0.224 e. The first-order valence-corrected chi connectivity index (χ1v) is 7.91. The normalized spacial score (nSPS) is 26.5. The number of rotatable bonds is 5. The number of nitrogens with zero attached hydrogens (tertiary/aromatic N) is 1. The highest BCUT2D eigenvalue weighted by molar-refractivity contribution is 5.76. The molecule has 0 aromatic heterocycles. The first-order valence-electron chi connectivity index (χ1n) is 7.91. The SMILES string of the molecule is CC(N)CC(=O)N1CCC(OCC2CCCCO2)CC1. The summed E-state index contributed by atoms with van der Waals surface area (Å²) in [6.45, 7) is 5.04. The highest BCUT2D eigenvalue weighted by Crippen LogP contribution is 2.18. The maximum absolute atomic E-state index is 11.9. The molecule has 0 aliphatic carbocycles. The summed E-state index contributed by atoms with van der Waals surface area (Å²) < 4.78 is 11.6. The highest BCUT2D eigenvalue weighted by atomic mass is 16.5. The van der Waals surface area contributed by atoms with Gasteiger partial charge in [0.1, 0.15) is 0 Å². The van der Waals surface area contributed by atoms with Crippen LogP contribution in [0.25, 0.3) is 0 Å². The topological polar surface area (TPSA) is 64.8 Å². The first-order chi connectivity index (χ1) is 9.65. The number of ether oxygens (including phenoxy) is 2. The Morgan fingerprint density at radius 2 is 2.10 bits per heavy atom. The van der Waals surface area contributed by atoms with Gasteiger partial charge in [0, 0.05) is 32.2 Å². The second-order valence-corrected chi connectivity index (χ2v) is 6.08. The van der Waals surface area contributed by atoms with Gasteiger partial charge in [-0.3, -0.25) is 4.79 Å². The Bertz CT molecular complexity index is 295. The van der Waals surface area contributed by atoms with Gasteiger partial charge in [0.25, 0.3) is 0 Å². The number of hydrogen-bond donors (Lipinski definition) is 1. The summed E-state index contributed by atoms with van der Waals surface area (Å²) in [4.78, 5) is 13.8. The van der Waals surface area contributed by atoms with Crippen LogP contribution in [0.1, 0.15) is 45.4 Å². The fourth-order valence-electron chi connectivity index (χ4n) is 2.86. The molecule has 2 aliphatic rings. The van der Waals surface area contributed by atoms with Gasteiger partial charge in [-0.2, -0.15) is 0 Å². The molecule has 0 spiro atoms. The Morgan fingerprint density at radius 3 is 2.70 bits per heavy atom. The lowest BCUT2D eigenvalue weighted by Crippen LogP contribution is -2.43. The molecule has 2 rings (SSSR count). The quantitative estimate of drug-likeness (QED) is 0.826. The summed E-state index contributed by atoms with van der Waals surface area (Å²) in [6.07, 6.45) is 6.40. The number of hydrogen-bond acceptors (Lipinski definition) is 4. The zero-order valence-electron chi connectivity index (χ0n) is 12.6. The van der Waals surface area contributed by atoms with E-state index in [4.69, 9.17) is 15.2 Å². The third-order valence-electron chi connectivity index (χ3n) is 4.08. The van der Waals surface area contributed by atoms with E-state index in [2.05, 4.69) is 0 Å². The van der Waals surface area contributed by atoms with Crippen LogP contribution in [0.3, 0.4) is 0 Å². The van der Waals surface area contributed by atoms with Gasteiger partial charge in [-0.25, -0.2) is 0 Å². The maximum Gasteiger partial charge on any atom is 0.224 e. The Labute approximate surface area is 121 Å². The monoisotopic (exact) mass is 284 g/mol. The average molecular weight is 284 g/mol. The van der Waals surface area contributed by atoms with Crippen molar-refractivity contribution in [1.82, 2.24) is 4.90 Å². The van der Waals surface area contributed by atoms with Crippen LogP contribution in [0.15, 0.2) is 0 Å². The van der Waals surface area contributed by atoms with Crippen molar-refractivity contribution in [2.75, 3.05) is 26.3 Å². The third kappa shape index (κ3) is 5.04. The van der Waals surface area contributed by atoms with E-state index in [1.54, 1.807) is 0 Å². The van der Waals surface area contributed by atoms with Crippen molar-refractivity contribution >= 4 is 5.91 Å². The molecule has 0 bridgehead atoms. The Kier molecular flexibility index (Phi) is 6.26. The van der Waals surface area contributed by atoms with Gasteiger partial charge in [-0.15, -0.1) is 0 Å². The lowest BCUT2D eigenvalue weighted by Gasteiger charge is -2.33. The van der Waals surface area contributed by atoms with Gasteiger partial charge in [0.15, 0.2) is 0 Å². The zero-order valence-corrected chi connectivity index (χ0v) is 12.6. The van der Waals surface area contributed by atoms with E-state index in [0.29, 0.717) is 13.0 Å². The largest absolute Gasteiger partial charge is 0.376 e. The molecule has 5 nitrogen and oxygen atoms in total. The van der Waals surface area contributed by atoms with Crippen LogP contribution in [-0.2, 0) is 14.3 Å². The van der Waals surface area contributed by atoms with Gasteiger partial charge in [-0.1, -0.05) is 0 Å². The molecule has 0 aromatic rings. The van der Waals surface area contributed by atoms with Crippen molar-refractivity contribution < 1.29 is 14.3 Å². The van der Waals surface area contributed by atoms with Crippen LogP contribution >= 0.6 is 0 Å². The summed E-state index contributed by atoms with van der Waals surface area (Å²) in [7, 11) is 0. The van der Waals surface area contributed by atoms with Crippen molar-refractivity contribution in [2.24, 2.45) is 5.73 Å². The molecule has 2 unspecified atom stereocenters. The molecule has 0 saturated carbocycles. The minimum atomic E-state index is -0.0556. The summed E-state index contributed by atoms with van der Waals surface area (Å²) in [5.74, 6) is 0.175.